The van der Waals surface area contributed by atoms with Crippen molar-refractivity contribution < 1.29 is 18.7 Å². The van der Waals surface area contributed by atoms with Crippen molar-refractivity contribution in [3.05, 3.63) is 60.1 Å². The zero-order valence-corrected chi connectivity index (χ0v) is 12.4. The van der Waals surface area contributed by atoms with Gasteiger partial charge >= 0.3 is 6.09 Å². The van der Waals surface area contributed by atoms with Crippen LogP contribution in [0.15, 0.2) is 53.1 Å². The largest absolute Gasteiger partial charge is 0.467 e. The van der Waals surface area contributed by atoms with E-state index in [1.54, 1.807) is 19.3 Å². The molecule has 1 aromatic heterocycles. The molecule has 0 aliphatic carbocycles. The average Bonchev–Trinajstić information content (AvgIpc) is 3.07. The summed E-state index contributed by atoms with van der Waals surface area (Å²) in [6.45, 7) is 1.66. The normalized spacial score (nSPS) is 13.2. The van der Waals surface area contributed by atoms with Crippen LogP contribution >= 0.6 is 0 Å². The van der Waals surface area contributed by atoms with E-state index in [0.29, 0.717) is 5.76 Å². The molecular weight excluding hydrogens is 284 g/mol. The maximum Gasteiger partial charge on any atom is 0.413 e. The summed E-state index contributed by atoms with van der Waals surface area (Å²) in [6.07, 6.45) is 0.791. The summed E-state index contributed by atoms with van der Waals surface area (Å²) < 4.78 is 9.86. The number of imide groups is 1. The first-order valence-corrected chi connectivity index (χ1v) is 6.85. The quantitative estimate of drug-likeness (QED) is 0.885. The predicted octanol–water partition coefficient (Wildman–Crippen LogP) is 2.23. The van der Waals surface area contributed by atoms with Crippen molar-refractivity contribution in [1.29, 1.82) is 0 Å². The summed E-state index contributed by atoms with van der Waals surface area (Å²) in [7, 11) is 1.20. The second-order valence-electron chi connectivity index (χ2n) is 4.73. The number of amides is 2. The zero-order chi connectivity index (χ0) is 15.9. The van der Waals surface area contributed by atoms with Gasteiger partial charge in [0.15, 0.2) is 0 Å². The van der Waals surface area contributed by atoms with Gasteiger partial charge in [-0.2, -0.15) is 0 Å². The topological polar surface area (TPSA) is 80.6 Å². The number of rotatable bonds is 5. The monoisotopic (exact) mass is 302 g/mol. The van der Waals surface area contributed by atoms with Gasteiger partial charge in [-0.3, -0.25) is 15.4 Å². The van der Waals surface area contributed by atoms with E-state index in [4.69, 9.17) is 4.42 Å². The van der Waals surface area contributed by atoms with Crippen LogP contribution in [0.5, 0.6) is 0 Å². The van der Waals surface area contributed by atoms with Gasteiger partial charge in [0.25, 0.3) is 0 Å². The van der Waals surface area contributed by atoms with Gasteiger partial charge in [-0.05, 0) is 24.6 Å². The molecule has 2 aromatic rings. The Bertz CT molecular complexity index is 610. The number of nitrogens with one attached hydrogen (secondary N) is 2. The summed E-state index contributed by atoms with van der Waals surface area (Å²) in [5.74, 6) is 0.211. The molecule has 0 fully saturated rings. The van der Waals surface area contributed by atoms with Gasteiger partial charge in [-0.25, -0.2) is 4.79 Å². The van der Waals surface area contributed by atoms with E-state index in [9.17, 15) is 9.59 Å². The molecule has 2 rings (SSSR count). The highest BCUT2D eigenvalue weighted by atomic mass is 16.5. The first-order valence-electron chi connectivity index (χ1n) is 6.85. The molecule has 0 unspecified atom stereocenters. The Morgan fingerprint density at radius 2 is 1.86 bits per heavy atom. The fourth-order valence-corrected chi connectivity index (χ4v) is 2.03. The zero-order valence-electron chi connectivity index (χ0n) is 12.4. The molecule has 2 atom stereocenters. The Kier molecular flexibility index (Phi) is 5.32. The van der Waals surface area contributed by atoms with Crippen molar-refractivity contribution in [2.45, 2.75) is 19.0 Å². The number of furan rings is 1. The van der Waals surface area contributed by atoms with E-state index in [-0.39, 0.29) is 6.04 Å². The molecule has 1 aromatic carbocycles. The van der Waals surface area contributed by atoms with Gasteiger partial charge in [0.1, 0.15) is 5.76 Å². The minimum absolute atomic E-state index is 0.297. The Morgan fingerprint density at radius 1 is 1.14 bits per heavy atom. The van der Waals surface area contributed by atoms with Gasteiger partial charge in [0, 0.05) is 0 Å². The van der Waals surface area contributed by atoms with E-state index < -0.39 is 18.0 Å². The molecule has 0 aliphatic heterocycles. The third-order valence-corrected chi connectivity index (χ3v) is 3.18. The molecule has 1 heterocycles. The fraction of sp³-hybridized carbons (Fsp3) is 0.250. The molecule has 0 bridgehead atoms. The number of ether oxygens (including phenoxy) is 1. The highest BCUT2D eigenvalue weighted by Crippen LogP contribution is 2.22. The number of methoxy groups -OCH3 is 1. The van der Waals surface area contributed by atoms with Crippen molar-refractivity contribution in [3.8, 4) is 0 Å². The summed E-state index contributed by atoms with van der Waals surface area (Å²) in [6, 6.07) is 12.3. The second kappa shape index (κ2) is 7.42. The van der Waals surface area contributed by atoms with Gasteiger partial charge in [0.2, 0.25) is 5.91 Å². The van der Waals surface area contributed by atoms with Crippen molar-refractivity contribution in [1.82, 2.24) is 10.6 Å². The van der Waals surface area contributed by atoms with Crippen LogP contribution in [0.3, 0.4) is 0 Å². The third-order valence-electron chi connectivity index (χ3n) is 3.18. The number of hydrogen-bond donors (Lipinski definition) is 2. The highest BCUT2D eigenvalue weighted by molar-refractivity contribution is 5.94. The maximum absolute atomic E-state index is 11.9. The molecule has 6 nitrogen and oxygen atoms in total. The molecule has 116 valence electrons. The lowest BCUT2D eigenvalue weighted by atomic mass is 10.0. The summed E-state index contributed by atoms with van der Waals surface area (Å²) in [4.78, 5) is 23.1. The van der Waals surface area contributed by atoms with Gasteiger partial charge in [-0.15, -0.1) is 0 Å². The lowest BCUT2D eigenvalue weighted by molar-refractivity contribution is -0.122. The number of carbonyl (C=O) groups excluding carboxylic acids is 2. The van der Waals surface area contributed by atoms with E-state index in [0.717, 1.165) is 5.56 Å². The Labute approximate surface area is 128 Å². The molecule has 0 saturated heterocycles. The van der Waals surface area contributed by atoms with Crippen LogP contribution in [0.25, 0.3) is 0 Å². The van der Waals surface area contributed by atoms with Crippen molar-refractivity contribution in [3.63, 3.8) is 0 Å². The minimum Gasteiger partial charge on any atom is -0.467 e. The molecular formula is C16H18N2O4. The van der Waals surface area contributed by atoms with Crippen LogP contribution in [0.1, 0.15) is 24.3 Å². The minimum atomic E-state index is -0.784. The molecule has 0 spiro atoms. The molecule has 2 N–H and O–H groups in total. The average molecular weight is 302 g/mol. The van der Waals surface area contributed by atoms with Crippen molar-refractivity contribution in [2.75, 3.05) is 7.11 Å². The first kappa shape index (κ1) is 15.8. The molecule has 2 amide bonds. The van der Waals surface area contributed by atoms with Gasteiger partial charge < -0.3 is 9.15 Å². The van der Waals surface area contributed by atoms with Crippen LogP contribution in [0.2, 0.25) is 0 Å². The SMILES string of the molecule is COC(=O)NC(=O)[C@H](C)N[C@H](c1ccccc1)c1ccco1. The van der Waals surface area contributed by atoms with Crippen molar-refractivity contribution in [2.24, 2.45) is 0 Å². The van der Waals surface area contributed by atoms with Crippen LogP contribution in [-0.2, 0) is 9.53 Å². The van der Waals surface area contributed by atoms with Crippen LogP contribution in [-0.4, -0.2) is 25.2 Å². The highest BCUT2D eigenvalue weighted by Gasteiger charge is 2.23. The summed E-state index contributed by atoms with van der Waals surface area (Å²) in [5.41, 5.74) is 0.954. The van der Waals surface area contributed by atoms with E-state index in [2.05, 4.69) is 15.4 Å². The molecule has 6 heteroatoms. The molecule has 0 aliphatic rings. The lowest BCUT2D eigenvalue weighted by Crippen LogP contribution is -2.45. The van der Waals surface area contributed by atoms with Crippen LogP contribution < -0.4 is 10.6 Å². The Hall–Kier alpha value is -2.60. The van der Waals surface area contributed by atoms with Crippen LogP contribution in [0, 0.1) is 0 Å². The molecule has 0 radical (unpaired) electrons. The predicted molar refractivity (Wildman–Crippen MR) is 80.1 cm³/mol. The maximum atomic E-state index is 11.9. The summed E-state index contributed by atoms with van der Waals surface area (Å²) in [5, 5.41) is 5.29. The van der Waals surface area contributed by atoms with Gasteiger partial charge in [0.05, 0.1) is 25.5 Å². The number of benzene rings is 1. The van der Waals surface area contributed by atoms with E-state index >= 15 is 0 Å². The number of alkyl carbamates (subject to hydrolysis) is 1. The van der Waals surface area contributed by atoms with Crippen LogP contribution in [0.4, 0.5) is 4.79 Å². The van der Waals surface area contributed by atoms with E-state index in [1.165, 1.54) is 7.11 Å². The van der Waals surface area contributed by atoms with E-state index in [1.807, 2.05) is 36.4 Å². The number of carbonyl (C=O) groups is 2. The smallest absolute Gasteiger partial charge is 0.413 e. The second-order valence-corrected chi connectivity index (χ2v) is 4.73. The Balaban J connectivity index is 2.14. The fourth-order valence-electron chi connectivity index (χ4n) is 2.03. The molecule has 0 saturated carbocycles. The number of hydrogen-bond acceptors (Lipinski definition) is 5. The van der Waals surface area contributed by atoms with Gasteiger partial charge in [-0.1, -0.05) is 30.3 Å². The Morgan fingerprint density at radius 3 is 2.45 bits per heavy atom. The standard InChI is InChI=1S/C16H18N2O4/c1-11(15(19)18-16(20)21-2)17-14(13-9-6-10-22-13)12-7-4-3-5-8-12/h3-11,14,17H,1-2H3,(H,18,19,20)/t11-,14+/m0/s1. The summed E-state index contributed by atoms with van der Waals surface area (Å²) >= 11 is 0. The first-order chi connectivity index (χ1) is 10.6. The lowest BCUT2D eigenvalue weighted by Gasteiger charge is -2.21. The van der Waals surface area contributed by atoms with Crippen molar-refractivity contribution >= 4 is 12.0 Å². The molecule has 22 heavy (non-hydrogen) atoms. The third kappa shape index (κ3) is 3.95.